The molecule has 4 rings (SSSR count). The van der Waals surface area contributed by atoms with Crippen molar-refractivity contribution in [1.82, 2.24) is 19.1 Å². The number of fused-ring (bicyclic) bond motifs is 1. The van der Waals surface area contributed by atoms with E-state index in [1.54, 1.807) is 31.2 Å². The number of phenols is 1. The summed E-state index contributed by atoms with van der Waals surface area (Å²) >= 11 is 0. The fraction of sp³-hybridized carbons (Fsp3) is 0.250. The average Bonchev–Trinajstić information content (AvgIpc) is 3.22. The monoisotopic (exact) mass is 494 g/mol. The van der Waals surface area contributed by atoms with Crippen LogP contribution in [0.4, 0.5) is 5.95 Å². The highest BCUT2D eigenvalue weighted by atomic mass is 16.5. The van der Waals surface area contributed by atoms with Crippen molar-refractivity contribution < 1.29 is 19.7 Å². The van der Waals surface area contributed by atoms with Gasteiger partial charge in [0.05, 0.1) is 19.4 Å². The number of aromatic hydroxyl groups is 1. The fourth-order valence-corrected chi connectivity index (χ4v) is 3.52. The molecule has 12 nitrogen and oxygen atoms in total. The van der Waals surface area contributed by atoms with Gasteiger partial charge in [-0.25, -0.2) is 10.2 Å². The minimum absolute atomic E-state index is 0.00982. The number of nitrogens with zero attached hydrogens (tertiary/aromatic N) is 4. The lowest BCUT2D eigenvalue weighted by Crippen LogP contribution is -2.30. The summed E-state index contributed by atoms with van der Waals surface area (Å²) in [4.78, 5) is 31.3. The van der Waals surface area contributed by atoms with Gasteiger partial charge < -0.3 is 24.3 Å². The Labute approximate surface area is 205 Å². The van der Waals surface area contributed by atoms with Crippen molar-refractivity contribution in [3.63, 3.8) is 0 Å². The largest absolute Gasteiger partial charge is 0.504 e. The highest BCUT2D eigenvalue weighted by Gasteiger charge is 2.20. The number of hydrazone groups is 1. The molecule has 0 radical (unpaired) electrons. The quantitative estimate of drug-likeness (QED) is 0.190. The van der Waals surface area contributed by atoms with Gasteiger partial charge in [0.25, 0.3) is 5.56 Å². The molecule has 0 amide bonds. The van der Waals surface area contributed by atoms with Crippen LogP contribution in [0.3, 0.4) is 0 Å². The zero-order chi connectivity index (χ0) is 25.7. The molecule has 2 heterocycles. The first kappa shape index (κ1) is 24.5. The summed E-state index contributed by atoms with van der Waals surface area (Å²) in [6.45, 7) is 2.10. The summed E-state index contributed by atoms with van der Waals surface area (Å²) in [6.07, 6.45) is 0.471. The Bertz CT molecular complexity index is 1490. The molecule has 0 spiro atoms. The van der Waals surface area contributed by atoms with Gasteiger partial charge in [-0.3, -0.25) is 14.3 Å². The number of H-pyrrole nitrogens is 1. The van der Waals surface area contributed by atoms with Gasteiger partial charge in [-0.15, -0.1) is 0 Å². The second-order valence-corrected chi connectivity index (χ2v) is 7.84. The van der Waals surface area contributed by atoms with Crippen LogP contribution in [-0.2, 0) is 13.6 Å². The molecule has 188 valence electrons. The molecule has 0 saturated heterocycles. The third-order valence-corrected chi connectivity index (χ3v) is 5.25. The molecule has 4 N–H and O–H groups in total. The highest BCUT2D eigenvalue weighted by molar-refractivity contribution is 5.81. The van der Waals surface area contributed by atoms with Crippen LogP contribution in [0.5, 0.6) is 17.2 Å². The number of rotatable bonds is 10. The molecule has 2 aromatic carbocycles. The number of aliphatic hydroxyl groups excluding tert-OH is 1. The molecule has 0 saturated carbocycles. The van der Waals surface area contributed by atoms with Crippen molar-refractivity contribution in [2.75, 3.05) is 18.6 Å². The summed E-state index contributed by atoms with van der Waals surface area (Å²) in [5.41, 5.74) is 2.36. The first-order valence-electron chi connectivity index (χ1n) is 11.2. The van der Waals surface area contributed by atoms with E-state index in [-0.39, 0.29) is 36.0 Å². The van der Waals surface area contributed by atoms with Crippen molar-refractivity contribution in [3.05, 3.63) is 74.9 Å². The van der Waals surface area contributed by atoms with Gasteiger partial charge in [0, 0.05) is 7.05 Å². The number of phenolic OH excluding ortho intramolecular Hbond substituents is 1. The Balaban J connectivity index is 1.61. The van der Waals surface area contributed by atoms with Crippen LogP contribution >= 0.6 is 0 Å². The van der Waals surface area contributed by atoms with E-state index in [1.165, 1.54) is 28.5 Å². The van der Waals surface area contributed by atoms with Gasteiger partial charge >= 0.3 is 5.69 Å². The minimum atomic E-state index is -1.00. The molecule has 1 unspecified atom stereocenters. The fourth-order valence-electron chi connectivity index (χ4n) is 3.52. The lowest BCUT2D eigenvalue weighted by molar-refractivity contribution is 0.0938. The Hall–Kier alpha value is -4.58. The van der Waals surface area contributed by atoms with Crippen molar-refractivity contribution in [1.29, 1.82) is 0 Å². The van der Waals surface area contributed by atoms with Crippen molar-refractivity contribution in [3.8, 4) is 17.2 Å². The number of aryl methyl sites for hydroxylation is 1. The predicted octanol–water partition coefficient (Wildman–Crippen LogP) is 1.41. The number of hydrogen-bond donors (Lipinski definition) is 4. The number of para-hydroxylation sites is 1. The third kappa shape index (κ3) is 5.39. The molecule has 12 heteroatoms. The topological polar surface area (TPSA) is 156 Å². The number of aromatic nitrogens is 4. The molecule has 0 fully saturated rings. The molecule has 0 bridgehead atoms. The number of aromatic amines is 1. The molecule has 0 aliphatic heterocycles. The van der Waals surface area contributed by atoms with Crippen LogP contribution in [-0.4, -0.2) is 54.8 Å². The van der Waals surface area contributed by atoms with Crippen LogP contribution in [0.25, 0.3) is 11.2 Å². The van der Waals surface area contributed by atoms with Gasteiger partial charge in [0.2, 0.25) is 5.95 Å². The maximum atomic E-state index is 12.6. The van der Waals surface area contributed by atoms with Crippen LogP contribution in [0.2, 0.25) is 0 Å². The third-order valence-electron chi connectivity index (χ3n) is 5.25. The maximum Gasteiger partial charge on any atom is 0.329 e. The van der Waals surface area contributed by atoms with Gasteiger partial charge in [-0.1, -0.05) is 18.2 Å². The van der Waals surface area contributed by atoms with E-state index in [2.05, 4.69) is 20.5 Å². The molecule has 36 heavy (non-hydrogen) atoms. The standard InChI is InChI=1S/C24H26N6O6/c1-3-35-19-11-15(9-10-18(19)32)12-25-28-23-26-21-20(22(33)27-24(34)29(21)2)30(23)13-16(31)14-36-17-7-5-4-6-8-17/h4-12,16,31-32H,3,13-14H2,1-2H3,(H,26,28)(H,27,33,34). The predicted molar refractivity (Wildman–Crippen MR) is 134 cm³/mol. The lowest BCUT2D eigenvalue weighted by Gasteiger charge is -2.15. The lowest BCUT2D eigenvalue weighted by atomic mass is 10.2. The normalized spacial score (nSPS) is 12.2. The van der Waals surface area contributed by atoms with Crippen molar-refractivity contribution in [2.24, 2.45) is 12.1 Å². The SMILES string of the molecule is CCOc1cc(C=NNc2nc3c(c(=O)[nH]c(=O)n3C)n2CC(O)COc2ccccc2)ccc1O. The number of ether oxygens (including phenoxy) is 2. The molecule has 1 atom stereocenters. The van der Waals surface area contributed by atoms with Crippen LogP contribution in [0.1, 0.15) is 12.5 Å². The number of imidazole rings is 1. The van der Waals surface area contributed by atoms with Gasteiger partial charge in [0.1, 0.15) is 18.5 Å². The highest BCUT2D eigenvalue weighted by Crippen LogP contribution is 2.26. The number of nitrogens with one attached hydrogen (secondary N) is 2. The summed E-state index contributed by atoms with van der Waals surface area (Å²) < 4.78 is 13.6. The molecular weight excluding hydrogens is 468 g/mol. The van der Waals surface area contributed by atoms with Crippen LogP contribution in [0, 0.1) is 0 Å². The van der Waals surface area contributed by atoms with Crippen LogP contribution < -0.4 is 26.1 Å². The summed E-state index contributed by atoms with van der Waals surface area (Å²) in [6, 6.07) is 13.8. The van der Waals surface area contributed by atoms with Crippen molar-refractivity contribution >= 4 is 23.3 Å². The Morgan fingerprint density at radius 1 is 1.19 bits per heavy atom. The molecule has 0 aliphatic rings. The number of benzene rings is 2. The Kier molecular flexibility index (Phi) is 7.35. The Morgan fingerprint density at radius 3 is 2.72 bits per heavy atom. The average molecular weight is 495 g/mol. The van der Waals surface area contributed by atoms with E-state index in [1.807, 2.05) is 18.2 Å². The second-order valence-electron chi connectivity index (χ2n) is 7.84. The van der Waals surface area contributed by atoms with E-state index in [9.17, 15) is 19.8 Å². The van der Waals surface area contributed by atoms with Gasteiger partial charge in [-0.05, 0) is 42.8 Å². The summed E-state index contributed by atoms with van der Waals surface area (Å²) in [7, 11) is 1.48. The molecule has 2 aromatic heterocycles. The van der Waals surface area contributed by atoms with E-state index in [4.69, 9.17) is 9.47 Å². The summed E-state index contributed by atoms with van der Waals surface area (Å²) in [5, 5.41) is 24.7. The van der Waals surface area contributed by atoms with Crippen molar-refractivity contribution in [2.45, 2.75) is 19.6 Å². The van der Waals surface area contributed by atoms with Gasteiger partial charge in [-0.2, -0.15) is 10.1 Å². The van der Waals surface area contributed by atoms with Crippen LogP contribution in [0.15, 0.2) is 63.2 Å². The minimum Gasteiger partial charge on any atom is -0.504 e. The maximum absolute atomic E-state index is 12.6. The van der Waals surface area contributed by atoms with E-state index >= 15 is 0 Å². The molecule has 0 aliphatic carbocycles. The number of aliphatic hydroxyl groups is 1. The van der Waals surface area contributed by atoms with E-state index in [0.717, 1.165) is 0 Å². The van der Waals surface area contributed by atoms with Gasteiger partial charge in [0.15, 0.2) is 22.7 Å². The number of hydrogen-bond acceptors (Lipinski definition) is 9. The smallest absolute Gasteiger partial charge is 0.329 e. The zero-order valence-corrected chi connectivity index (χ0v) is 19.7. The van der Waals surface area contributed by atoms with E-state index < -0.39 is 17.4 Å². The van der Waals surface area contributed by atoms with E-state index in [0.29, 0.717) is 23.7 Å². The second kappa shape index (κ2) is 10.8. The number of anilines is 1. The molecule has 4 aromatic rings. The molecular formula is C24H26N6O6. The first-order chi connectivity index (χ1) is 17.4. The summed E-state index contributed by atoms with van der Waals surface area (Å²) in [5.74, 6) is 1.05. The Morgan fingerprint density at radius 2 is 1.97 bits per heavy atom. The zero-order valence-electron chi connectivity index (χ0n) is 19.7. The first-order valence-corrected chi connectivity index (χ1v) is 11.2.